The average molecular weight is 271 g/mol. The Hall–Kier alpha value is -1.25. The molecule has 0 fully saturated rings. The molecule has 19 heavy (non-hydrogen) atoms. The van der Waals surface area contributed by atoms with Gasteiger partial charge in [-0.15, -0.1) is 11.8 Å². The molecule has 0 amide bonds. The molecule has 0 saturated carbocycles. The van der Waals surface area contributed by atoms with E-state index in [1.54, 1.807) is 0 Å². The lowest BCUT2D eigenvalue weighted by Gasteiger charge is -2.13. The highest BCUT2D eigenvalue weighted by Gasteiger charge is 2.06. The topological polar surface area (TPSA) is 26.0 Å². The summed E-state index contributed by atoms with van der Waals surface area (Å²) in [7, 11) is 0. The molecule has 2 heteroatoms. The third-order valence-corrected chi connectivity index (χ3v) is 4.40. The molecule has 0 aliphatic heterocycles. The zero-order chi connectivity index (χ0) is 13.5. The molecule has 0 aromatic heterocycles. The third kappa shape index (κ3) is 4.41. The monoisotopic (exact) mass is 271 g/mol. The molecule has 0 aliphatic rings. The molecule has 2 aromatic rings. The van der Waals surface area contributed by atoms with Gasteiger partial charge in [0.2, 0.25) is 0 Å². The van der Waals surface area contributed by atoms with E-state index in [1.165, 1.54) is 16.0 Å². The molecule has 2 aromatic carbocycles. The molecule has 0 radical (unpaired) electrons. The maximum atomic E-state index is 6.07. The van der Waals surface area contributed by atoms with Gasteiger partial charge in [0, 0.05) is 16.7 Å². The number of nitrogens with two attached hydrogens (primary N) is 1. The maximum absolute atomic E-state index is 6.07. The van der Waals surface area contributed by atoms with Crippen LogP contribution < -0.4 is 5.73 Å². The van der Waals surface area contributed by atoms with Gasteiger partial charge in [-0.3, -0.25) is 0 Å². The van der Waals surface area contributed by atoms with Crippen molar-refractivity contribution in [3.05, 3.63) is 65.7 Å². The summed E-state index contributed by atoms with van der Waals surface area (Å²) in [6.07, 6.45) is 1.99. The molecule has 0 bridgehead atoms. The van der Waals surface area contributed by atoms with Crippen LogP contribution in [0.25, 0.3) is 0 Å². The van der Waals surface area contributed by atoms with Gasteiger partial charge in [-0.1, -0.05) is 55.5 Å². The van der Waals surface area contributed by atoms with Crippen molar-refractivity contribution in [2.75, 3.05) is 0 Å². The summed E-state index contributed by atoms with van der Waals surface area (Å²) in [6.45, 7) is 2.14. The fourth-order valence-corrected chi connectivity index (χ4v) is 3.00. The van der Waals surface area contributed by atoms with Crippen LogP contribution in [0.1, 0.15) is 24.5 Å². The van der Waals surface area contributed by atoms with Crippen molar-refractivity contribution in [2.24, 2.45) is 5.73 Å². The Kier molecular flexibility index (Phi) is 5.49. The first-order valence-corrected chi connectivity index (χ1v) is 7.78. The Balaban J connectivity index is 2.03. The molecule has 2 N–H and O–H groups in total. The van der Waals surface area contributed by atoms with Crippen molar-refractivity contribution < 1.29 is 0 Å². The zero-order valence-electron chi connectivity index (χ0n) is 11.4. The van der Waals surface area contributed by atoms with Gasteiger partial charge in [0.15, 0.2) is 0 Å². The molecule has 1 atom stereocenters. The second kappa shape index (κ2) is 7.37. The predicted molar refractivity (Wildman–Crippen MR) is 84.4 cm³/mol. The number of benzene rings is 2. The molecule has 100 valence electrons. The minimum atomic E-state index is 0.262. The number of hydrogen-bond donors (Lipinski definition) is 1. The van der Waals surface area contributed by atoms with E-state index in [1.807, 2.05) is 11.8 Å². The number of hydrogen-bond acceptors (Lipinski definition) is 2. The molecule has 1 unspecified atom stereocenters. The van der Waals surface area contributed by atoms with Gasteiger partial charge >= 0.3 is 0 Å². The molecular formula is C17H21NS. The van der Waals surface area contributed by atoms with E-state index < -0.39 is 0 Å². The van der Waals surface area contributed by atoms with E-state index in [0.717, 1.165) is 18.6 Å². The van der Waals surface area contributed by atoms with Crippen molar-refractivity contribution in [2.45, 2.75) is 36.5 Å². The normalized spacial score (nSPS) is 12.3. The van der Waals surface area contributed by atoms with E-state index in [4.69, 9.17) is 5.73 Å². The summed E-state index contributed by atoms with van der Waals surface area (Å²) in [5.74, 6) is 1.01. The second-order valence-electron chi connectivity index (χ2n) is 4.75. The molecule has 2 rings (SSSR count). The van der Waals surface area contributed by atoms with E-state index in [0.29, 0.717) is 0 Å². The van der Waals surface area contributed by atoms with Gasteiger partial charge in [0.05, 0.1) is 0 Å². The van der Waals surface area contributed by atoms with Crippen LogP contribution in [0.4, 0.5) is 0 Å². The average Bonchev–Trinajstić information content (AvgIpc) is 2.47. The van der Waals surface area contributed by atoms with Crippen LogP contribution >= 0.6 is 11.8 Å². The van der Waals surface area contributed by atoms with E-state index in [-0.39, 0.29) is 6.04 Å². The number of thioether (sulfide) groups is 1. The maximum Gasteiger partial charge on any atom is 0.0232 e. The Labute approximate surface area is 120 Å². The smallest absolute Gasteiger partial charge is 0.0232 e. The van der Waals surface area contributed by atoms with Crippen LogP contribution in [-0.2, 0) is 12.2 Å². The second-order valence-corrected chi connectivity index (χ2v) is 5.77. The predicted octanol–water partition coefficient (Wildman–Crippen LogP) is 4.26. The first-order valence-electron chi connectivity index (χ1n) is 6.79. The van der Waals surface area contributed by atoms with Gasteiger partial charge in [0.25, 0.3) is 0 Å². The first-order chi connectivity index (χ1) is 9.29. The van der Waals surface area contributed by atoms with Crippen LogP contribution in [0, 0.1) is 0 Å². The van der Waals surface area contributed by atoms with Crippen molar-refractivity contribution in [3.63, 3.8) is 0 Å². The highest BCUT2D eigenvalue weighted by Crippen LogP contribution is 2.27. The number of rotatable bonds is 6. The first kappa shape index (κ1) is 14.2. The highest BCUT2D eigenvalue weighted by atomic mass is 32.2. The fraction of sp³-hybridized carbons (Fsp3) is 0.294. The minimum Gasteiger partial charge on any atom is -0.327 e. The Morgan fingerprint density at radius 2 is 1.68 bits per heavy atom. The standard InChI is InChI=1S/C17H21NS/c1-2-16(18)12-15-10-6-7-11-17(15)19-13-14-8-4-3-5-9-14/h3-11,16H,2,12-13,18H2,1H3. The lowest BCUT2D eigenvalue weighted by molar-refractivity contribution is 0.641. The SMILES string of the molecule is CCC(N)Cc1ccccc1SCc1ccccc1. The highest BCUT2D eigenvalue weighted by molar-refractivity contribution is 7.98. The van der Waals surface area contributed by atoms with Crippen molar-refractivity contribution in [1.29, 1.82) is 0 Å². The van der Waals surface area contributed by atoms with Crippen LogP contribution in [0.2, 0.25) is 0 Å². The van der Waals surface area contributed by atoms with Crippen molar-refractivity contribution in [3.8, 4) is 0 Å². The summed E-state index contributed by atoms with van der Waals surface area (Å²) < 4.78 is 0. The van der Waals surface area contributed by atoms with Crippen LogP contribution in [-0.4, -0.2) is 6.04 Å². The lowest BCUT2D eigenvalue weighted by Crippen LogP contribution is -2.21. The summed E-state index contributed by atoms with van der Waals surface area (Å²) >= 11 is 1.90. The summed E-state index contributed by atoms with van der Waals surface area (Å²) in [4.78, 5) is 1.36. The van der Waals surface area contributed by atoms with Gasteiger partial charge in [-0.2, -0.15) is 0 Å². The molecule has 0 aliphatic carbocycles. The van der Waals surface area contributed by atoms with Crippen LogP contribution in [0.15, 0.2) is 59.5 Å². The summed E-state index contributed by atoms with van der Waals surface area (Å²) in [6, 6.07) is 19.5. The van der Waals surface area contributed by atoms with Crippen LogP contribution in [0.5, 0.6) is 0 Å². The molecule has 0 spiro atoms. The van der Waals surface area contributed by atoms with Gasteiger partial charge in [-0.05, 0) is 30.0 Å². The van der Waals surface area contributed by atoms with Crippen molar-refractivity contribution >= 4 is 11.8 Å². The van der Waals surface area contributed by atoms with Crippen LogP contribution in [0.3, 0.4) is 0 Å². The van der Waals surface area contributed by atoms with Crippen molar-refractivity contribution in [1.82, 2.24) is 0 Å². The third-order valence-electron chi connectivity index (χ3n) is 3.22. The molecule has 0 saturated heterocycles. The Morgan fingerprint density at radius 1 is 1.00 bits per heavy atom. The molecular weight excluding hydrogens is 250 g/mol. The van der Waals surface area contributed by atoms with Gasteiger partial charge in [-0.25, -0.2) is 0 Å². The molecule has 1 nitrogen and oxygen atoms in total. The summed E-state index contributed by atoms with van der Waals surface area (Å²) in [5.41, 5.74) is 8.81. The fourth-order valence-electron chi connectivity index (χ4n) is 1.98. The van der Waals surface area contributed by atoms with E-state index >= 15 is 0 Å². The zero-order valence-corrected chi connectivity index (χ0v) is 12.2. The quantitative estimate of drug-likeness (QED) is 0.794. The van der Waals surface area contributed by atoms with Gasteiger partial charge < -0.3 is 5.73 Å². The molecule has 0 heterocycles. The summed E-state index contributed by atoms with van der Waals surface area (Å²) in [5, 5.41) is 0. The Morgan fingerprint density at radius 3 is 2.42 bits per heavy atom. The van der Waals surface area contributed by atoms with E-state index in [9.17, 15) is 0 Å². The Bertz CT molecular complexity index is 496. The van der Waals surface area contributed by atoms with Gasteiger partial charge in [0.1, 0.15) is 0 Å². The lowest BCUT2D eigenvalue weighted by atomic mass is 10.1. The largest absolute Gasteiger partial charge is 0.327 e. The minimum absolute atomic E-state index is 0.262. The van der Waals surface area contributed by atoms with E-state index in [2.05, 4.69) is 61.5 Å².